The van der Waals surface area contributed by atoms with Gasteiger partial charge in [-0.25, -0.2) is 9.97 Å². The lowest BCUT2D eigenvalue weighted by Gasteiger charge is -2.14. The third-order valence-corrected chi connectivity index (χ3v) is 4.82. The number of nitrogen functional groups attached to an aromatic ring is 1. The zero-order chi connectivity index (χ0) is 14.2. The highest BCUT2D eigenvalue weighted by Gasteiger charge is 2.45. The maximum Gasteiger partial charge on any atom is 0.190 e. The molecule has 0 unspecified atom stereocenters. The minimum Gasteiger partial charge on any atom is -0.384 e. The van der Waals surface area contributed by atoms with Crippen molar-refractivity contribution in [2.75, 3.05) is 11.5 Å². The quantitative estimate of drug-likeness (QED) is 0.533. The Hall–Kier alpha value is -1.33. The van der Waals surface area contributed by atoms with Gasteiger partial charge in [0.15, 0.2) is 5.16 Å². The van der Waals surface area contributed by atoms with Crippen LogP contribution < -0.4 is 5.73 Å². The van der Waals surface area contributed by atoms with E-state index in [9.17, 15) is 0 Å². The topological polar surface area (TPSA) is 64.7 Å². The Bertz CT molecular complexity index is 623. The number of nitrogens with zero attached hydrogens (tertiary/aromatic N) is 3. The minimum atomic E-state index is 0.164. The highest BCUT2D eigenvalue weighted by molar-refractivity contribution is 7.99. The summed E-state index contributed by atoms with van der Waals surface area (Å²) in [6.07, 6.45) is 4.20. The fraction of sp³-hybridized carbons (Fsp3) is 0.357. The smallest absolute Gasteiger partial charge is 0.190 e. The average Bonchev–Trinajstić information content (AvgIpc) is 3.16. The molecule has 1 saturated carbocycles. The van der Waals surface area contributed by atoms with Crippen molar-refractivity contribution in [3.05, 3.63) is 40.8 Å². The summed E-state index contributed by atoms with van der Waals surface area (Å²) in [4.78, 5) is 12.9. The number of aromatic nitrogens is 3. The lowest BCUT2D eigenvalue weighted by Crippen LogP contribution is -2.12. The molecule has 20 heavy (non-hydrogen) atoms. The van der Waals surface area contributed by atoms with Gasteiger partial charge >= 0.3 is 0 Å². The van der Waals surface area contributed by atoms with E-state index in [1.165, 1.54) is 11.3 Å². The Morgan fingerprint density at radius 2 is 2.15 bits per heavy atom. The Morgan fingerprint density at radius 1 is 1.35 bits per heavy atom. The van der Waals surface area contributed by atoms with Gasteiger partial charge in [0.1, 0.15) is 11.0 Å². The molecule has 6 heteroatoms. The SMILES string of the molecule is Cc1ccnc(C2(CSc3nc(N)cc(Cl)n3)CC2)c1. The van der Waals surface area contributed by atoms with E-state index in [0.29, 0.717) is 16.1 Å². The van der Waals surface area contributed by atoms with E-state index >= 15 is 0 Å². The number of rotatable bonds is 4. The molecule has 0 atom stereocenters. The molecule has 2 aromatic heterocycles. The first-order chi connectivity index (χ1) is 9.57. The number of hydrogen-bond acceptors (Lipinski definition) is 5. The lowest BCUT2D eigenvalue weighted by molar-refractivity contribution is 0.758. The number of halogens is 1. The standard InChI is InChI=1S/C14H15ClN4S/c1-9-2-5-17-10(6-9)14(3-4-14)8-20-13-18-11(15)7-12(16)19-13/h2,5-7H,3-4,8H2,1H3,(H2,16,18,19). The van der Waals surface area contributed by atoms with Crippen LogP contribution in [0.4, 0.5) is 5.82 Å². The van der Waals surface area contributed by atoms with Crippen LogP contribution in [-0.2, 0) is 5.41 Å². The maximum absolute atomic E-state index is 5.90. The van der Waals surface area contributed by atoms with Crippen LogP contribution in [0.5, 0.6) is 0 Å². The molecule has 104 valence electrons. The Labute approximate surface area is 127 Å². The van der Waals surface area contributed by atoms with Gasteiger partial charge in [-0.1, -0.05) is 23.4 Å². The number of anilines is 1. The van der Waals surface area contributed by atoms with Gasteiger partial charge in [0.05, 0.1) is 0 Å². The van der Waals surface area contributed by atoms with Crippen LogP contribution in [0.25, 0.3) is 0 Å². The van der Waals surface area contributed by atoms with Gasteiger partial charge < -0.3 is 5.73 Å². The van der Waals surface area contributed by atoms with Crippen molar-refractivity contribution >= 4 is 29.2 Å². The summed E-state index contributed by atoms with van der Waals surface area (Å²) in [5.74, 6) is 1.31. The highest BCUT2D eigenvalue weighted by Crippen LogP contribution is 2.50. The normalized spacial score (nSPS) is 16.1. The van der Waals surface area contributed by atoms with E-state index in [4.69, 9.17) is 17.3 Å². The zero-order valence-electron chi connectivity index (χ0n) is 11.1. The number of thioether (sulfide) groups is 1. The number of nitrogens with two attached hydrogens (primary N) is 1. The van der Waals surface area contributed by atoms with Gasteiger partial charge in [0.2, 0.25) is 0 Å². The van der Waals surface area contributed by atoms with Gasteiger partial charge in [-0.2, -0.15) is 0 Å². The molecule has 0 aromatic carbocycles. The Morgan fingerprint density at radius 3 is 2.80 bits per heavy atom. The first kappa shape index (κ1) is 13.6. The third kappa shape index (κ3) is 2.88. The van der Waals surface area contributed by atoms with Crippen molar-refractivity contribution in [1.82, 2.24) is 15.0 Å². The van der Waals surface area contributed by atoms with Crippen molar-refractivity contribution in [2.24, 2.45) is 0 Å². The minimum absolute atomic E-state index is 0.164. The molecular weight excluding hydrogens is 292 g/mol. The van der Waals surface area contributed by atoms with E-state index in [2.05, 4.69) is 27.9 Å². The fourth-order valence-corrected chi connectivity index (χ4v) is 3.55. The highest BCUT2D eigenvalue weighted by atomic mass is 35.5. The van der Waals surface area contributed by atoms with Gasteiger partial charge in [-0.3, -0.25) is 4.98 Å². The summed E-state index contributed by atoms with van der Waals surface area (Å²) in [6, 6.07) is 5.74. The average molecular weight is 307 g/mol. The molecule has 0 saturated heterocycles. The third-order valence-electron chi connectivity index (χ3n) is 3.48. The summed E-state index contributed by atoms with van der Waals surface area (Å²) < 4.78 is 0. The van der Waals surface area contributed by atoms with Gasteiger partial charge in [-0.05, 0) is 37.5 Å². The molecule has 0 bridgehead atoms. The molecule has 2 N–H and O–H groups in total. The monoisotopic (exact) mass is 306 g/mol. The van der Waals surface area contributed by atoms with Crippen LogP contribution in [-0.4, -0.2) is 20.7 Å². The molecular formula is C14H15ClN4S. The van der Waals surface area contributed by atoms with Crippen LogP contribution in [0.3, 0.4) is 0 Å². The Kier molecular flexibility index (Phi) is 3.56. The maximum atomic E-state index is 5.90. The van der Waals surface area contributed by atoms with Crippen molar-refractivity contribution in [3.8, 4) is 0 Å². The fourth-order valence-electron chi connectivity index (χ4n) is 2.13. The summed E-state index contributed by atoms with van der Waals surface area (Å²) in [5, 5.41) is 1.02. The van der Waals surface area contributed by atoms with Crippen LogP contribution in [0.15, 0.2) is 29.6 Å². The summed E-state index contributed by atoms with van der Waals surface area (Å²) >= 11 is 7.49. The first-order valence-corrected chi connectivity index (χ1v) is 7.80. The van der Waals surface area contributed by atoms with Crippen molar-refractivity contribution < 1.29 is 0 Å². The number of aryl methyl sites for hydroxylation is 1. The van der Waals surface area contributed by atoms with Crippen LogP contribution in [0.2, 0.25) is 5.15 Å². The molecule has 1 fully saturated rings. The molecule has 0 radical (unpaired) electrons. The molecule has 3 rings (SSSR count). The second-order valence-electron chi connectivity index (χ2n) is 5.19. The number of pyridine rings is 1. The Balaban J connectivity index is 1.75. The second-order valence-corrected chi connectivity index (χ2v) is 6.52. The van der Waals surface area contributed by atoms with E-state index in [0.717, 1.165) is 18.6 Å². The van der Waals surface area contributed by atoms with Gasteiger partial charge in [0.25, 0.3) is 0 Å². The van der Waals surface area contributed by atoms with Crippen molar-refractivity contribution in [1.29, 1.82) is 0 Å². The van der Waals surface area contributed by atoms with E-state index in [1.54, 1.807) is 17.8 Å². The van der Waals surface area contributed by atoms with Crippen LogP contribution in [0, 0.1) is 6.92 Å². The van der Waals surface area contributed by atoms with Gasteiger partial charge in [0, 0.05) is 29.1 Å². The molecule has 0 aliphatic heterocycles. The van der Waals surface area contributed by atoms with Crippen molar-refractivity contribution in [3.63, 3.8) is 0 Å². The van der Waals surface area contributed by atoms with E-state index < -0.39 is 0 Å². The summed E-state index contributed by atoms with van der Waals surface area (Å²) in [7, 11) is 0. The largest absolute Gasteiger partial charge is 0.384 e. The molecule has 1 aliphatic carbocycles. The summed E-state index contributed by atoms with van der Waals surface area (Å²) in [5.41, 5.74) is 8.26. The lowest BCUT2D eigenvalue weighted by atomic mass is 10.0. The summed E-state index contributed by atoms with van der Waals surface area (Å²) in [6.45, 7) is 2.09. The molecule has 4 nitrogen and oxygen atoms in total. The predicted molar refractivity (Wildman–Crippen MR) is 82.1 cm³/mol. The van der Waals surface area contributed by atoms with E-state index in [1.807, 2.05) is 12.3 Å². The van der Waals surface area contributed by atoms with Crippen LogP contribution in [0.1, 0.15) is 24.1 Å². The molecule has 0 spiro atoms. The predicted octanol–water partition coefficient (Wildman–Crippen LogP) is 3.24. The van der Waals surface area contributed by atoms with Crippen LogP contribution >= 0.6 is 23.4 Å². The molecule has 2 heterocycles. The molecule has 1 aliphatic rings. The number of hydrogen-bond donors (Lipinski definition) is 1. The second kappa shape index (κ2) is 5.22. The molecule has 0 amide bonds. The van der Waals surface area contributed by atoms with Crippen molar-refractivity contribution in [2.45, 2.75) is 30.3 Å². The van der Waals surface area contributed by atoms with Gasteiger partial charge in [-0.15, -0.1) is 0 Å². The van der Waals surface area contributed by atoms with E-state index in [-0.39, 0.29) is 5.41 Å². The first-order valence-electron chi connectivity index (χ1n) is 6.43. The zero-order valence-corrected chi connectivity index (χ0v) is 12.7. The molecule has 2 aromatic rings.